The first-order chi connectivity index (χ1) is 18.1. The third-order valence-electron chi connectivity index (χ3n) is 6.12. The zero-order valence-electron chi connectivity index (χ0n) is 21.7. The van der Waals surface area contributed by atoms with Crippen LogP contribution in [0.3, 0.4) is 0 Å². The molecule has 4 aromatic rings. The first-order valence-electron chi connectivity index (χ1n) is 11.8. The van der Waals surface area contributed by atoms with E-state index in [1.165, 1.54) is 11.9 Å². The van der Waals surface area contributed by atoms with Crippen LogP contribution in [0, 0.1) is 13.8 Å². The fourth-order valence-electron chi connectivity index (χ4n) is 4.31. The monoisotopic (exact) mass is 549 g/mol. The summed E-state index contributed by atoms with van der Waals surface area (Å²) in [6.07, 6.45) is 3.41. The van der Waals surface area contributed by atoms with E-state index in [0.29, 0.717) is 33.7 Å². The number of benzene rings is 2. The quantitative estimate of drug-likeness (QED) is 0.113. The Morgan fingerprint density at radius 2 is 1.97 bits per heavy atom. The Balaban J connectivity index is 1.87. The second-order valence-electron chi connectivity index (χ2n) is 8.88. The Hall–Kier alpha value is -3.82. The molecule has 2 aromatic heterocycles. The minimum absolute atomic E-state index is 0.117. The maximum atomic E-state index is 13.5. The summed E-state index contributed by atoms with van der Waals surface area (Å²) in [4.78, 5) is 34.4. The largest absolute Gasteiger partial charge is 0.455 e. The molecule has 8 nitrogen and oxygen atoms in total. The van der Waals surface area contributed by atoms with E-state index in [-0.39, 0.29) is 28.2 Å². The zero-order chi connectivity index (χ0) is 27.6. The molecule has 0 fully saturated rings. The van der Waals surface area contributed by atoms with Crippen LogP contribution in [0.5, 0.6) is 0 Å². The van der Waals surface area contributed by atoms with Crippen molar-refractivity contribution in [3.8, 4) is 11.3 Å². The average molecular weight is 550 g/mol. The molecule has 1 amide bonds. The van der Waals surface area contributed by atoms with Crippen molar-refractivity contribution in [2.45, 2.75) is 26.8 Å². The standard InChI is InChI=1S/C28H28ClN5O3S/c1-14-10-19(16(3)32-22-8-9-23(29)33-24(22)28(36)34-38-5)27-20(11-14)25(35)15(2)26(37-27)17-6-7-21(30)18(12-17)13-31-4/h6-13,16,32H,30H2,1-5H3,(H,34,36). The maximum absolute atomic E-state index is 13.5. The van der Waals surface area contributed by atoms with Crippen LogP contribution in [-0.2, 0) is 0 Å². The number of nitrogens with two attached hydrogens (primary N) is 1. The van der Waals surface area contributed by atoms with Crippen LogP contribution in [-0.4, -0.2) is 30.4 Å². The number of hydrogen-bond donors (Lipinski definition) is 3. The molecule has 2 aromatic carbocycles. The predicted molar refractivity (Wildman–Crippen MR) is 158 cm³/mol. The molecule has 0 saturated heterocycles. The van der Waals surface area contributed by atoms with Gasteiger partial charge < -0.3 is 15.5 Å². The van der Waals surface area contributed by atoms with Gasteiger partial charge in [-0.05, 0) is 62.7 Å². The number of aryl methyl sites for hydroxylation is 1. The molecule has 0 aliphatic heterocycles. The highest BCUT2D eigenvalue weighted by atomic mass is 35.5. The molecule has 0 aliphatic rings. The summed E-state index contributed by atoms with van der Waals surface area (Å²) < 4.78 is 9.14. The van der Waals surface area contributed by atoms with E-state index in [1.807, 2.05) is 38.1 Å². The third kappa shape index (κ3) is 5.39. The van der Waals surface area contributed by atoms with Crippen molar-refractivity contribution in [2.75, 3.05) is 24.4 Å². The number of pyridine rings is 1. The van der Waals surface area contributed by atoms with Crippen molar-refractivity contribution in [3.63, 3.8) is 0 Å². The van der Waals surface area contributed by atoms with Crippen LogP contribution >= 0.6 is 23.5 Å². The number of aromatic nitrogens is 1. The molecule has 0 bridgehead atoms. The molecular weight excluding hydrogens is 522 g/mol. The predicted octanol–water partition coefficient (Wildman–Crippen LogP) is 5.94. The molecule has 0 spiro atoms. The van der Waals surface area contributed by atoms with Crippen LogP contribution in [0.1, 0.15) is 45.7 Å². The number of anilines is 2. The van der Waals surface area contributed by atoms with Crippen molar-refractivity contribution < 1.29 is 9.21 Å². The lowest BCUT2D eigenvalue weighted by atomic mass is 9.98. The number of hydrogen-bond acceptors (Lipinski definition) is 8. The lowest BCUT2D eigenvalue weighted by Crippen LogP contribution is -2.20. The molecule has 1 unspecified atom stereocenters. The van der Waals surface area contributed by atoms with Crippen molar-refractivity contribution in [1.82, 2.24) is 9.71 Å². The van der Waals surface area contributed by atoms with Gasteiger partial charge in [0.25, 0.3) is 5.91 Å². The average Bonchev–Trinajstić information content (AvgIpc) is 2.88. The molecule has 0 saturated carbocycles. The Bertz CT molecular complexity index is 1630. The molecule has 0 radical (unpaired) electrons. The normalized spacial score (nSPS) is 12.2. The van der Waals surface area contributed by atoms with Gasteiger partial charge in [0.1, 0.15) is 16.5 Å². The Morgan fingerprint density at radius 1 is 1.21 bits per heavy atom. The summed E-state index contributed by atoms with van der Waals surface area (Å²) in [5, 5.41) is 4.04. The fourth-order valence-corrected chi connectivity index (χ4v) is 4.74. The van der Waals surface area contributed by atoms with Crippen molar-refractivity contribution in [3.05, 3.63) is 85.8 Å². The Kier molecular flexibility index (Phi) is 8.08. The van der Waals surface area contributed by atoms with Gasteiger partial charge in [0.05, 0.1) is 17.1 Å². The molecule has 4 N–H and O–H groups in total. The number of rotatable bonds is 7. The smallest absolute Gasteiger partial charge is 0.281 e. The van der Waals surface area contributed by atoms with E-state index in [1.54, 1.807) is 44.6 Å². The maximum Gasteiger partial charge on any atom is 0.281 e. The van der Waals surface area contributed by atoms with Gasteiger partial charge in [-0.1, -0.05) is 29.6 Å². The number of nitrogen functional groups attached to an aromatic ring is 1. The SMILES string of the molecule is CN=Cc1cc(-c2oc3c(C(C)Nc4ccc(Cl)nc4C(=O)NSC)cc(C)cc3c(=O)c2C)ccc1N. The molecule has 1 atom stereocenters. The molecule has 38 heavy (non-hydrogen) atoms. The van der Waals surface area contributed by atoms with Crippen LogP contribution < -0.4 is 21.2 Å². The summed E-state index contributed by atoms with van der Waals surface area (Å²) in [6.45, 7) is 5.61. The van der Waals surface area contributed by atoms with E-state index >= 15 is 0 Å². The van der Waals surface area contributed by atoms with Crippen LogP contribution in [0.25, 0.3) is 22.3 Å². The summed E-state index contributed by atoms with van der Waals surface area (Å²) in [7, 11) is 1.67. The van der Waals surface area contributed by atoms with Crippen molar-refractivity contribution >= 4 is 58.0 Å². The van der Waals surface area contributed by atoms with Crippen molar-refractivity contribution in [2.24, 2.45) is 4.99 Å². The van der Waals surface area contributed by atoms with E-state index in [0.717, 1.165) is 22.3 Å². The molecule has 10 heteroatoms. The number of aliphatic imine (C=N–C) groups is 1. The summed E-state index contributed by atoms with van der Waals surface area (Å²) in [5.41, 5.74) is 11.3. The van der Waals surface area contributed by atoms with Crippen LogP contribution in [0.4, 0.5) is 11.4 Å². The van der Waals surface area contributed by atoms with Gasteiger partial charge in [0.15, 0.2) is 11.1 Å². The second kappa shape index (κ2) is 11.3. The van der Waals surface area contributed by atoms with Gasteiger partial charge in [0.2, 0.25) is 0 Å². The zero-order valence-corrected chi connectivity index (χ0v) is 23.3. The molecular formula is C28H28ClN5O3S. The van der Waals surface area contributed by atoms with E-state index < -0.39 is 0 Å². The van der Waals surface area contributed by atoms with Gasteiger partial charge in [-0.3, -0.25) is 19.3 Å². The number of nitrogens with one attached hydrogen (secondary N) is 2. The minimum Gasteiger partial charge on any atom is -0.455 e. The van der Waals surface area contributed by atoms with E-state index in [9.17, 15) is 9.59 Å². The highest BCUT2D eigenvalue weighted by molar-refractivity contribution is 7.97. The van der Waals surface area contributed by atoms with E-state index in [4.69, 9.17) is 21.8 Å². The van der Waals surface area contributed by atoms with Crippen LogP contribution in [0.2, 0.25) is 5.15 Å². The minimum atomic E-state index is -0.372. The first kappa shape index (κ1) is 27.2. The highest BCUT2D eigenvalue weighted by Gasteiger charge is 2.21. The molecule has 2 heterocycles. The lowest BCUT2D eigenvalue weighted by Gasteiger charge is -2.20. The number of carbonyl (C=O) groups excluding carboxylic acids is 1. The van der Waals surface area contributed by atoms with Crippen LogP contribution in [0.15, 0.2) is 56.7 Å². The van der Waals surface area contributed by atoms with Gasteiger partial charge in [-0.25, -0.2) is 4.98 Å². The van der Waals surface area contributed by atoms with Gasteiger partial charge in [0, 0.05) is 47.5 Å². The number of halogens is 1. The number of carbonyl (C=O) groups is 1. The third-order valence-corrected chi connectivity index (χ3v) is 6.72. The second-order valence-corrected chi connectivity index (χ2v) is 9.88. The van der Waals surface area contributed by atoms with Gasteiger partial charge in [-0.15, -0.1) is 0 Å². The Morgan fingerprint density at radius 3 is 2.68 bits per heavy atom. The van der Waals surface area contributed by atoms with E-state index in [2.05, 4.69) is 20.0 Å². The summed E-state index contributed by atoms with van der Waals surface area (Å²) in [6, 6.07) is 12.2. The lowest BCUT2D eigenvalue weighted by molar-refractivity contribution is 0.0980. The number of fused-ring (bicyclic) bond motifs is 1. The van der Waals surface area contributed by atoms with Gasteiger partial charge in [-0.2, -0.15) is 0 Å². The first-order valence-corrected chi connectivity index (χ1v) is 13.4. The number of amides is 1. The molecule has 0 aliphatic carbocycles. The Labute approximate surface area is 229 Å². The fraction of sp³-hybridized carbons (Fsp3) is 0.214. The topological polar surface area (TPSA) is 123 Å². The highest BCUT2D eigenvalue weighted by Crippen LogP contribution is 2.33. The summed E-state index contributed by atoms with van der Waals surface area (Å²) in [5.74, 6) is 0.0850. The molecule has 196 valence electrons. The summed E-state index contributed by atoms with van der Waals surface area (Å²) >= 11 is 7.24. The van der Waals surface area contributed by atoms with Crippen molar-refractivity contribution in [1.29, 1.82) is 0 Å². The number of nitrogens with zero attached hydrogens (tertiary/aromatic N) is 2. The van der Waals surface area contributed by atoms with Gasteiger partial charge >= 0.3 is 0 Å². The molecule has 4 rings (SSSR count).